The average molecular weight is 223 g/mol. The first-order valence-electron chi connectivity index (χ1n) is 6.10. The lowest BCUT2D eigenvalue weighted by molar-refractivity contribution is 0.118. The zero-order valence-corrected chi connectivity index (χ0v) is 10.1. The van der Waals surface area contributed by atoms with Crippen LogP contribution in [0.4, 0.5) is 0 Å². The first-order valence-corrected chi connectivity index (χ1v) is 6.10. The molecular weight excluding hydrogens is 202 g/mol. The van der Waals surface area contributed by atoms with Crippen LogP contribution in [0.15, 0.2) is 12.4 Å². The van der Waals surface area contributed by atoms with E-state index < -0.39 is 0 Å². The Morgan fingerprint density at radius 2 is 2.50 bits per heavy atom. The van der Waals surface area contributed by atoms with Crippen molar-refractivity contribution < 1.29 is 4.74 Å². The Labute approximate surface area is 96.8 Å². The Morgan fingerprint density at radius 3 is 3.12 bits per heavy atom. The highest BCUT2D eigenvalue weighted by molar-refractivity contribution is 5.01. The van der Waals surface area contributed by atoms with Crippen molar-refractivity contribution in [2.45, 2.75) is 45.4 Å². The van der Waals surface area contributed by atoms with Gasteiger partial charge in [0.1, 0.15) is 5.82 Å². The van der Waals surface area contributed by atoms with Crippen LogP contribution in [0.25, 0.3) is 0 Å². The molecule has 4 nitrogen and oxygen atoms in total. The van der Waals surface area contributed by atoms with Crippen LogP contribution in [0.2, 0.25) is 0 Å². The Balaban J connectivity index is 2.07. The summed E-state index contributed by atoms with van der Waals surface area (Å²) in [7, 11) is 0. The van der Waals surface area contributed by atoms with E-state index in [4.69, 9.17) is 10.5 Å². The summed E-state index contributed by atoms with van der Waals surface area (Å²) in [5, 5.41) is 0. The predicted octanol–water partition coefficient (Wildman–Crippen LogP) is 1.72. The number of aryl methyl sites for hydroxylation is 1. The highest BCUT2D eigenvalue weighted by Gasteiger charge is 2.30. The normalized spacial score (nSPS) is 27.2. The number of nitrogens with two attached hydrogens (primary N) is 1. The SMILES string of the molecule is CCCn1ccnc1C(N)C1COC(C)C1. The van der Waals surface area contributed by atoms with Crippen molar-refractivity contribution in [3.05, 3.63) is 18.2 Å². The molecule has 1 aromatic heterocycles. The second kappa shape index (κ2) is 4.97. The second-order valence-electron chi connectivity index (χ2n) is 4.64. The fraction of sp³-hybridized carbons (Fsp3) is 0.750. The first kappa shape index (κ1) is 11.6. The fourth-order valence-corrected chi connectivity index (χ4v) is 2.36. The Hall–Kier alpha value is -0.870. The molecule has 0 aliphatic carbocycles. The Kier molecular flexibility index (Phi) is 3.61. The summed E-state index contributed by atoms with van der Waals surface area (Å²) in [6, 6.07) is 0.00602. The minimum atomic E-state index is 0.00602. The van der Waals surface area contributed by atoms with Gasteiger partial charge in [0.25, 0.3) is 0 Å². The number of rotatable bonds is 4. The maximum atomic E-state index is 6.27. The van der Waals surface area contributed by atoms with Gasteiger partial charge in [0, 0.05) is 24.9 Å². The van der Waals surface area contributed by atoms with Gasteiger partial charge in [-0.2, -0.15) is 0 Å². The maximum Gasteiger partial charge on any atom is 0.125 e. The number of hydrogen-bond acceptors (Lipinski definition) is 3. The van der Waals surface area contributed by atoms with E-state index in [9.17, 15) is 0 Å². The Morgan fingerprint density at radius 1 is 1.69 bits per heavy atom. The van der Waals surface area contributed by atoms with Crippen LogP contribution < -0.4 is 5.73 Å². The number of hydrogen-bond donors (Lipinski definition) is 1. The highest BCUT2D eigenvalue weighted by Crippen LogP contribution is 2.29. The van der Waals surface area contributed by atoms with Crippen molar-refractivity contribution in [1.29, 1.82) is 0 Å². The minimum absolute atomic E-state index is 0.00602. The van der Waals surface area contributed by atoms with Gasteiger partial charge in [-0.1, -0.05) is 6.92 Å². The minimum Gasteiger partial charge on any atom is -0.378 e. The summed E-state index contributed by atoms with van der Waals surface area (Å²) < 4.78 is 7.73. The summed E-state index contributed by atoms with van der Waals surface area (Å²) in [6.45, 7) is 6.02. The molecule has 2 rings (SSSR count). The van der Waals surface area contributed by atoms with E-state index in [0.717, 1.165) is 31.8 Å². The molecule has 2 N–H and O–H groups in total. The Bertz CT molecular complexity index is 337. The molecule has 0 radical (unpaired) electrons. The largest absolute Gasteiger partial charge is 0.378 e. The smallest absolute Gasteiger partial charge is 0.125 e. The number of nitrogens with zero attached hydrogens (tertiary/aromatic N) is 2. The molecule has 1 saturated heterocycles. The van der Waals surface area contributed by atoms with E-state index in [1.54, 1.807) is 0 Å². The molecule has 16 heavy (non-hydrogen) atoms. The second-order valence-corrected chi connectivity index (χ2v) is 4.64. The number of ether oxygens (including phenoxy) is 1. The van der Waals surface area contributed by atoms with Crippen LogP contribution in [0.5, 0.6) is 0 Å². The molecular formula is C12H21N3O. The van der Waals surface area contributed by atoms with E-state index in [-0.39, 0.29) is 6.04 Å². The summed E-state index contributed by atoms with van der Waals surface area (Å²) in [6.07, 6.45) is 6.33. The van der Waals surface area contributed by atoms with Crippen LogP contribution in [0, 0.1) is 5.92 Å². The van der Waals surface area contributed by atoms with Gasteiger partial charge >= 0.3 is 0 Å². The quantitative estimate of drug-likeness (QED) is 0.845. The standard InChI is InChI=1S/C12H21N3O/c1-3-5-15-6-4-14-12(15)11(13)10-7-9(2)16-8-10/h4,6,9-11H,3,5,7-8,13H2,1-2H3. The van der Waals surface area contributed by atoms with E-state index >= 15 is 0 Å². The molecule has 0 amide bonds. The van der Waals surface area contributed by atoms with Crippen molar-refractivity contribution >= 4 is 0 Å². The average Bonchev–Trinajstić information content (AvgIpc) is 2.87. The van der Waals surface area contributed by atoms with Gasteiger partial charge in [-0.3, -0.25) is 0 Å². The molecule has 3 atom stereocenters. The van der Waals surface area contributed by atoms with Gasteiger partial charge in [0.15, 0.2) is 0 Å². The molecule has 1 aliphatic heterocycles. The molecule has 90 valence electrons. The van der Waals surface area contributed by atoms with Gasteiger partial charge in [0.05, 0.1) is 18.8 Å². The third-order valence-electron chi connectivity index (χ3n) is 3.25. The zero-order chi connectivity index (χ0) is 11.5. The van der Waals surface area contributed by atoms with Crippen molar-refractivity contribution in [2.24, 2.45) is 11.7 Å². The zero-order valence-electron chi connectivity index (χ0n) is 10.1. The molecule has 2 heterocycles. The van der Waals surface area contributed by atoms with E-state index in [0.29, 0.717) is 12.0 Å². The van der Waals surface area contributed by atoms with Gasteiger partial charge in [-0.15, -0.1) is 0 Å². The van der Waals surface area contributed by atoms with E-state index in [1.807, 2.05) is 12.4 Å². The van der Waals surface area contributed by atoms with Crippen LogP contribution in [0.1, 0.15) is 38.6 Å². The molecule has 3 unspecified atom stereocenters. The summed E-state index contributed by atoms with van der Waals surface area (Å²) in [5.41, 5.74) is 6.27. The third kappa shape index (κ3) is 2.28. The molecule has 4 heteroatoms. The monoisotopic (exact) mass is 223 g/mol. The summed E-state index contributed by atoms with van der Waals surface area (Å²) >= 11 is 0. The molecule has 1 aliphatic rings. The van der Waals surface area contributed by atoms with Crippen molar-refractivity contribution in [3.8, 4) is 0 Å². The first-order chi connectivity index (χ1) is 7.72. The van der Waals surface area contributed by atoms with Gasteiger partial charge in [-0.05, 0) is 19.8 Å². The van der Waals surface area contributed by atoms with Crippen molar-refractivity contribution in [1.82, 2.24) is 9.55 Å². The lowest BCUT2D eigenvalue weighted by Gasteiger charge is -2.18. The molecule has 0 spiro atoms. The number of aromatic nitrogens is 2. The van der Waals surface area contributed by atoms with E-state index in [1.165, 1.54) is 0 Å². The predicted molar refractivity (Wildman–Crippen MR) is 63.0 cm³/mol. The van der Waals surface area contributed by atoms with Crippen LogP contribution in [-0.4, -0.2) is 22.3 Å². The van der Waals surface area contributed by atoms with Crippen molar-refractivity contribution in [2.75, 3.05) is 6.61 Å². The highest BCUT2D eigenvalue weighted by atomic mass is 16.5. The molecule has 0 bridgehead atoms. The van der Waals surface area contributed by atoms with Crippen LogP contribution >= 0.6 is 0 Å². The molecule has 1 fully saturated rings. The van der Waals surface area contributed by atoms with Crippen LogP contribution in [-0.2, 0) is 11.3 Å². The fourth-order valence-electron chi connectivity index (χ4n) is 2.36. The molecule has 0 saturated carbocycles. The summed E-state index contributed by atoms with van der Waals surface area (Å²) in [5.74, 6) is 1.41. The topological polar surface area (TPSA) is 53.1 Å². The van der Waals surface area contributed by atoms with Gasteiger partial charge in [-0.25, -0.2) is 4.98 Å². The molecule has 0 aromatic carbocycles. The number of imidazole rings is 1. The third-order valence-corrected chi connectivity index (χ3v) is 3.25. The van der Waals surface area contributed by atoms with Crippen molar-refractivity contribution in [3.63, 3.8) is 0 Å². The van der Waals surface area contributed by atoms with Gasteiger partial charge < -0.3 is 15.0 Å². The lowest BCUT2D eigenvalue weighted by Crippen LogP contribution is -2.25. The summed E-state index contributed by atoms with van der Waals surface area (Å²) in [4.78, 5) is 4.39. The van der Waals surface area contributed by atoms with Crippen LogP contribution in [0.3, 0.4) is 0 Å². The lowest BCUT2D eigenvalue weighted by atomic mass is 9.97. The maximum absolute atomic E-state index is 6.27. The van der Waals surface area contributed by atoms with Gasteiger partial charge in [0.2, 0.25) is 0 Å². The molecule has 1 aromatic rings. The van der Waals surface area contributed by atoms with E-state index in [2.05, 4.69) is 23.4 Å².